The molecule has 0 radical (unpaired) electrons. The summed E-state index contributed by atoms with van der Waals surface area (Å²) >= 11 is 0. The van der Waals surface area contributed by atoms with Gasteiger partial charge < -0.3 is 10.1 Å². The zero-order chi connectivity index (χ0) is 21.7. The van der Waals surface area contributed by atoms with Gasteiger partial charge in [-0.2, -0.15) is 0 Å². The average molecular weight is 437 g/mol. The molecule has 31 heavy (non-hydrogen) atoms. The van der Waals surface area contributed by atoms with Crippen LogP contribution in [0.2, 0.25) is 0 Å². The van der Waals surface area contributed by atoms with Crippen LogP contribution in [0, 0.1) is 0 Å². The Morgan fingerprint density at radius 3 is 2.13 bits per heavy atom. The summed E-state index contributed by atoms with van der Waals surface area (Å²) < 4.78 is 29.6. The van der Waals surface area contributed by atoms with E-state index in [-0.39, 0.29) is 17.4 Å². The fraction of sp³-hybridized carbons (Fsp3) is 0.208. The Morgan fingerprint density at radius 1 is 0.839 bits per heavy atom. The molecule has 1 N–H and O–H groups in total. The van der Waals surface area contributed by atoms with Gasteiger partial charge in [-0.1, -0.05) is 54.6 Å². The lowest BCUT2D eigenvalue weighted by molar-refractivity contribution is -0.121. The first kappa shape index (κ1) is 21.1. The summed E-state index contributed by atoms with van der Waals surface area (Å²) in [7, 11) is -3.04. The Bertz CT molecular complexity index is 1120. The van der Waals surface area contributed by atoms with E-state index in [4.69, 9.17) is 4.74 Å². The standard InChI is InChI=1S/C24H24N2O4S/c27-24(25-20-10-7-13-22(18-20)30-21-11-5-2-6-12-21)23(19-8-3-1-4-9-19)26-14-16-31(28,29)17-15-26/h1-13,18,23H,14-17H2,(H,25,27)/t23-/m0/s1. The van der Waals surface area contributed by atoms with Crippen molar-refractivity contribution < 1.29 is 17.9 Å². The van der Waals surface area contributed by atoms with Crippen LogP contribution in [0.5, 0.6) is 11.5 Å². The number of anilines is 1. The third-order valence-electron chi connectivity index (χ3n) is 5.19. The van der Waals surface area contributed by atoms with Crippen molar-refractivity contribution in [3.8, 4) is 11.5 Å². The van der Waals surface area contributed by atoms with Gasteiger partial charge >= 0.3 is 0 Å². The number of rotatable bonds is 6. The highest BCUT2D eigenvalue weighted by atomic mass is 32.2. The largest absolute Gasteiger partial charge is 0.457 e. The smallest absolute Gasteiger partial charge is 0.246 e. The number of carbonyl (C=O) groups is 1. The minimum Gasteiger partial charge on any atom is -0.457 e. The normalized spacial score (nSPS) is 16.9. The number of nitrogens with one attached hydrogen (secondary N) is 1. The monoisotopic (exact) mass is 436 g/mol. The van der Waals surface area contributed by atoms with Crippen LogP contribution in [0.4, 0.5) is 5.69 Å². The number of carbonyl (C=O) groups excluding carboxylic acids is 1. The summed E-state index contributed by atoms with van der Waals surface area (Å²) in [4.78, 5) is 15.2. The highest BCUT2D eigenvalue weighted by molar-refractivity contribution is 7.91. The van der Waals surface area contributed by atoms with Gasteiger partial charge in [-0.15, -0.1) is 0 Å². The topological polar surface area (TPSA) is 75.7 Å². The minimum absolute atomic E-state index is 0.0595. The first-order valence-corrected chi connectivity index (χ1v) is 12.0. The maximum absolute atomic E-state index is 13.3. The number of sulfone groups is 1. The number of benzene rings is 3. The van der Waals surface area contributed by atoms with Gasteiger partial charge in [0.05, 0.1) is 11.5 Å². The van der Waals surface area contributed by atoms with E-state index in [1.54, 1.807) is 12.1 Å². The van der Waals surface area contributed by atoms with Gasteiger partial charge in [0.2, 0.25) is 5.91 Å². The molecule has 0 saturated carbocycles. The van der Waals surface area contributed by atoms with Crippen LogP contribution in [0.1, 0.15) is 11.6 Å². The Hall–Kier alpha value is -3.16. The van der Waals surface area contributed by atoms with Crippen molar-refractivity contribution in [1.29, 1.82) is 0 Å². The van der Waals surface area contributed by atoms with Crippen LogP contribution in [-0.4, -0.2) is 43.8 Å². The van der Waals surface area contributed by atoms with E-state index in [1.165, 1.54) is 0 Å². The molecular formula is C24H24N2O4S. The fourth-order valence-electron chi connectivity index (χ4n) is 3.62. The molecule has 4 rings (SSSR count). The van der Waals surface area contributed by atoms with E-state index in [1.807, 2.05) is 77.7 Å². The lowest BCUT2D eigenvalue weighted by Gasteiger charge is -2.33. The van der Waals surface area contributed by atoms with Crippen molar-refractivity contribution in [3.05, 3.63) is 90.5 Å². The molecule has 6 nitrogen and oxygen atoms in total. The number of para-hydroxylation sites is 1. The van der Waals surface area contributed by atoms with Crippen LogP contribution in [0.25, 0.3) is 0 Å². The zero-order valence-electron chi connectivity index (χ0n) is 17.0. The fourth-order valence-corrected chi connectivity index (χ4v) is 4.85. The first-order chi connectivity index (χ1) is 15.0. The molecule has 1 aliphatic heterocycles. The molecule has 0 aliphatic carbocycles. The first-order valence-electron chi connectivity index (χ1n) is 10.1. The second-order valence-corrected chi connectivity index (χ2v) is 9.74. The van der Waals surface area contributed by atoms with Gasteiger partial charge in [0.25, 0.3) is 0 Å². The molecule has 1 amide bonds. The quantitative estimate of drug-likeness (QED) is 0.635. The van der Waals surface area contributed by atoms with Crippen LogP contribution >= 0.6 is 0 Å². The van der Waals surface area contributed by atoms with Gasteiger partial charge in [0, 0.05) is 24.8 Å². The average Bonchev–Trinajstić information content (AvgIpc) is 2.77. The van der Waals surface area contributed by atoms with E-state index < -0.39 is 15.9 Å². The van der Waals surface area contributed by atoms with Crippen LogP contribution < -0.4 is 10.1 Å². The molecular weight excluding hydrogens is 412 g/mol. The Kier molecular flexibility index (Phi) is 6.34. The number of hydrogen-bond acceptors (Lipinski definition) is 5. The summed E-state index contributed by atoms with van der Waals surface area (Å²) in [6, 6.07) is 25.5. The highest BCUT2D eigenvalue weighted by Gasteiger charge is 2.32. The van der Waals surface area contributed by atoms with E-state index in [2.05, 4.69) is 5.32 Å². The van der Waals surface area contributed by atoms with Crippen molar-refractivity contribution in [3.63, 3.8) is 0 Å². The molecule has 3 aromatic carbocycles. The zero-order valence-corrected chi connectivity index (χ0v) is 17.8. The van der Waals surface area contributed by atoms with Crippen molar-refractivity contribution >= 4 is 21.4 Å². The maximum atomic E-state index is 13.3. The third kappa shape index (κ3) is 5.51. The molecule has 1 saturated heterocycles. The third-order valence-corrected chi connectivity index (χ3v) is 6.80. The summed E-state index contributed by atoms with van der Waals surface area (Å²) in [6.07, 6.45) is 0. The Balaban J connectivity index is 1.53. The van der Waals surface area contributed by atoms with Crippen molar-refractivity contribution in [2.24, 2.45) is 0 Å². The summed E-state index contributed by atoms with van der Waals surface area (Å²) in [5.41, 5.74) is 1.44. The van der Waals surface area contributed by atoms with E-state index >= 15 is 0 Å². The second kappa shape index (κ2) is 9.32. The van der Waals surface area contributed by atoms with Crippen LogP contribution in [0.15, 0.2) is 84.9 Å². The molecule has 0 aromatic heterocycles. The SMILES string of the molecule is O=C(Nc1cccc(Oc2ccccc2)c1)[C@H](c1ccccc1)N1CCS(=O)(=O)CC1. The van der Waals surface area contributed by atoms with E-state index in [0.29, 0.717) is 30.3 Å². The minimum atomic E-state index is -3.04. The van der Waals surface area contributed by atoms with Gasteiger partial charge in [0.1, 0.15) is 17.5 Å². The lowest BCUT2D eigenvalue weighted by atomic mass is 10.0. The summed E-state index contributed by atoms with van der Waals surface area (Å²) in [5, 5.41) is 2.97. The van der Waals surface area contributed by atoms with Gasteiger partial charge in [0.15, 0.2) is 9.84 Å². The van der Waals surface area contributed by atoms with Gasteiger partial charge in [-0.25, -0.2) is 8.42 Å². The van der Waals surface area contributed by atoms with E-state index in [9.17, 15) is 13.2 Å². The van der Waals surface area contributed by atoms with Gasteiger partial charge in [-0.05, 0) is 29.8 Å². The molecule has 0 unspecified atom stereocenters. The Labute approximate surface area is 182 Å². The number of nitrogens with zero attached hydrogens (tertiary/aromatic N) is 1. The summed E-state index contributed by atoms with van der Waals surface area (Å²) in [5.74, 6) is 1.24. The predicted octanol–water partition coefficient (Wildman–Crippen LogP) is 3.89. The molecule has 1 aliphatic rings. The summed E-state index contributed by atoms with van der Waals surface area (Å²) in [6.45, 7) is 0.652. The molecule has 1 atom stereocenters. The molecule has 0 spiro atoms. The van der Waals surface area contributed by atoms with Crippen LogP contribution in [0.3, 0.4) is 0 Å². The van der Waals surface area contributed by atoms with Crippen molar-refractivity contribution in [2.75, 3.05) is 29.9 Å². The molecule has 1 fully saturated rings. The molecule has 7 heteroatoms. The number of ether oxygens (including phenoxy) is 1. The van der Waals surface area contributed by atoms with Crippen LogP contribution in [-0.2, 0) is 14.6 Å². The van der Waals surface area contributed by atoms with E-state index in [0.717, 1.165) is 5.56 Å². The van der Waals surface area contributed by atoms with Gasteiger partial charge in [-0.3, -0.25) is 9.69 Å². The molecule has 1 heterocycles. The van der Waals surface area contributed by atoms with Crippen molar-refractivity contribution in [1.82, 2.24) is 4.90 Å². The number of amides is 1. The predicted molar refractivity (Wildman–Crippen MR) is 121 cm³/mol. The molecule has 3 aromatic rings. The number of hydrogen-bond donors (Lipinski definition) is 1. The maximum Gasteiger partial charge on any atom is 0.246 e. The second-order valence-electron chi connectivity index (χ2n) is 7.43. The van der Waals surface area contributed by atoms with Crippen molar-refractivity contribution in [2.45, 2.75) is 6.04 Å². The lowest BCUT2D eigenvalue weighted by Crippen LogP contribution is -2.46. The Morgan fingerprint density at radius 2 is 1.45 bits per heavy atom. The molecule has 0 bridgehead atoms. The molecule has 160 valence electrons. The highest BCUT2D eigenvalue weighted by Crippen LogP contribution is 2.27.